The van der Waals surface area contributed by atoms with Crippen molar-refractivity contribution in [1.82, 2.24) is 0 Å². The maximum Gasteiger partial charge on any atom is 0.175 e. The number of benzene rings is 1. The van der Waals surface area contributed by atoms with Gasteiger partial charge in [-0.1, -0.05) is 16.8 Å². The molecule has 1 aliphatic rings. The van der Waals surface area contributed by atoms with Crippen molar-refractivity contribution in [1.29, 1.82) is 0 Å². The zero-order chi connectivity index (χ0) is 9.97. The maximum absolute atomic E-state index is 8.48. The highest BCUT2D eigenvalue weighted by Gasteiger charge is 2.13. The molecule has 14 heavy (non-hydrogen) atoms. The van der Waals surface area contributed by atoms with Crippen molar-refractivity contribution in [3.63, 3.8) is 0 Å². The number of oxime groups is 1. The van der Waals surface area contributed by atoms with Gasteiger partial charge in [-0.25, -0.2) is 0 Å². The topological polar surface area (TPSA) is 51.1 Å². The number of nitrogens with zero attached hydrogens (tertiary/aromatic N) is 1. The molecule has 0 saturated carbocycles. The lowest BCUT2D eigenvalue weighted by Crippen LogP contribution is -2.15. The van der Waals surface area contributed by atoms with Gasteiger partial charge < -0.3 is 14.7 Å². The van der Waals surface area contributed by atoms with Crippen LogP contribution in [0, 0.1) is 0 Å². The number of ether oxygens (including phenoxy) is 2. The van der Waals surface area contributed by atoms with Gasteiger partial charge in [0.05, 0.1) is 0 Å². The van der Waals surface area contributed by atoms with E-state index >= 15 is 0 Å². The second-order valence-corrected chi connectivity index (χ2v) is 3.11. The summed E-state index contributed by atoms with van der Waals surface area (Å²) in [7, 11) is 0. The molecule has 0 radical (unpaired) electrons. The molecule has 0 fully saturated rings. The van der Waals surface area contributed by atoms with Crippen LogP contribution >= 0.6 is 11.6 Å². The van der Waals surface area contributed by atoms with Crippen LogP contribution < -0.4 is 9.47 Å². The first-order chi connectivity index (χ1) is 6.81. The second kappa shape index (κ2) is 3.75. The van der Waals surface area contributed by atoms with Crippen LogP contribution in [0.3, 0.4) is 0 Å². The lowest BCUT2D eigenvalue weighted by atomic mass is 10.2. The average molecular weight is 214 g/mol. The molecule has 1 aromatic carbocycles. The normalized spacial score (nSPS) is 15.4. The lowest BCUT2D eigenvalue weighted by molar-refractivity contribution is 0.171. The van der Waals surface area contributed by atoms with E-state index in [0.717, 1.165) is 0 Å². The summed E-state index contributed by atoms with van der Waals surface area (Å²) in [6.45, 7) is 1.07. The maximum atomic E-state index is 8.48. The fourth-order valence-corrected chi connectivity index (χ4v) is 1.35. The summed E-state index contributed by atoms with van der Waals surface area (Å²) in [5.41, 5.74) is 0.596. The third kappa shape index (κ3) is 1.61. The lowest BCUT2D eigenvalue weighted by Gasteiger charge is -2.18. The SMILES string of the molecule is O/N=C(/Cl)c1ccc2c(c1)OCCO2. The molecule has 1 aliphatic heterocycles. The predicted molar refractivity (Wildman–Crippen MR) is 51.6 cm³/mol. The number of hydrogen-bond acceptors (Lipinski definition) is 4. The van der Waals surface area contributed by atoms with E-state index in [1.54, 1.807) is 18.2 Å². The highest BCUT2D eigenvalue weighted by atomic mass is 35.5. The predicted octanol–water partition coefficient (Wildman–Crippen LogP) is 1.83. The van der Waals surface area contributed by atoms with Gasteiger partial charge >= 0.3 is 0 Å². The van der Waals surface area contributed by atoms with Crippen molar-refractivity contribution in [2.45, 2.75) is 0 Å². The molecule has 0 amide bonds. The molecule has 2 rings (SSSR count). The molecule has 5 heteroatoms. The van der Waals surface area contributed by atoms with E-state index in [4.69, 9.17) is 26.3 Å². The summed E-state index contributed by atoms with van der Waals surface area (Å²) in [4.78, 5) is 0. The molecule has 0 saturated heterocycles. The largest absolute Gasteiger partial charge is 0.486 e. The van der Waals surface area contributed by atoms with Gasteiger partial charge in [-0.15, -0.1) is 0 Å². The third-order valence-corrected chi connectivity index (χ3v) is 2.16. The third-order valence-electron chi connectivity index (χ3n) is 1.87. The Morgan fingerprint density at radius 3 is 2.71 bits per heavy atom. The molecule has 0 aromatic heterocycles. The van der Waals surface area contributed by atoms with Crippen molar-refractivity contribution >= 4 is 16.8 Å². The summed E-state index contributed by atoms with van der Waals surface area (Å²) in [6.07, 6.45) is 0. The number of halogens is 1. The van der Waals surface area contributed by atoms with Gasteiger partial charge in [-0.05, 0) is 18.2 Å². The quantitative estimate of drug-likeness (QED) is 0.440. The van der Waals surface area contributed by atoms with E-state index in [1.165, 1.54) is 0 Å². The number of fused-ring (bicyclic) bond motifs is 1. The Morgan fingerprint density at radius 1 is 1.29 bits per heavy atom. The van der Waals surface area contributed by atoms with E-state index in [-0.39, 0.29) is 5.17 Å². The van der Waals surface area contributed by atoms with Crippen LogP contribution in [0.5, 0.6) is 11.5 Å². The van der Waals surface area contributed by atoms with Crippen LogP contribution in [-0.4, -0.2) is 23.6 Å². The molecule has 4 nitrogen and oxygen atoms in total. The minimum atomic E-state index is 0.0296. The fourth-order valence-electron chi connectivity index (χ4n) is 1.23. The summed E-state index contributed by atoms with van der Waals surface area (Å²) in [5.74, 6) is 1.30. The van der Waals surface area contributed by atoms with Crippen LogP contribution in [0.15, 0.2) is 23.4 Å². The first-order valence-corrected chi connectivity index (χ1v) is 4.46. The van der Waals surface area contributed by atoms with Gasteiger partial charge in [-0.2, -0.15) is 0 Å². The molecule has 1 aromatic rings. The number of rotatable bonds is 1. The van der Waals surface area contributed by atoms with Crippen molar-refractivity contribution in [2.75, 3.05) is 13.2 Å². The van der Waals surface area contributed by atoms with Gasteiger partial charge in [0.25, 0.3) is 0 Å². The monoisotopic (exact) mass is 213 g/mol. The van der Waals surface area contributed by atoms with Crippen molar-refractivity contribution in [3.8, 4) is 11.5 Å². The van der Waals surface area contributed by atoms with Crippen LogP contribution in [-0.2, 0) is 0 Å². The Kier molecular flexibility index (Phi) is 2.45. The average Bonchev–Trinajstić information content (AvgIpc) is 2.27. The Hall–Kier alpha value is -1.42. The van der Waals surface area contributed by atoms with Crippen molar-refractivity contribution in [3.05, 3.63) is 23.8 Å². The Labute approximate surface area is 85.7 Å². The van der Waals surface area contributed by atoms with E-state index < -0.39 is 0 Å². The molecule has 0 bridgehead atoms. The zero-order valence-corrected chi connectivity index (χ0v) is 7.99. The molecule has 74 valence electrons. The zero-order valence-electron chi connectivity index (χ0n) is 7.24. The Bertz CT molecular complexity index is 378. The van der Waals surface area contributed by atoms with Gasteiger partial charge in [0, 0.05) is 5.56 Å². The molecular weight excluding hydrogens is 206 g/mol. The molecule has 0 unspecified atom stereocenters. The smallest absolute Gasteiger partial charge is 0.175 e. The van der Waals surface area contributed by atoms with Crippen LogP contribution in [0.25, 0.3) is 0 Å². The van der Waals surface area contributed by atoms with Gasteiger partial charge in [0.2, 0.25) is 0 Å². The van der Waals surface area contributed by atoms with Crippen LogP contribution in [0.1, 0.15) is 5.56 Å². The highest BCUT2D eigenvalue weighted by Crippen LogP contribution is 2.31. The molecule has 0 spiro atoms. The molecule has 1 heterocycles. The van der Waals surface area contributed by atoms with Crippen LogP contribution in [0.2, 0.25) is 0 Å². The minimum absolute atomic E-state index is 0.0296. The summed E-state index contributed by atoms with van der Waals surface area (Å²) < 4.78 is 10.7. The first-order valence-electron chi connectivity index (χ1n) is 4.09. The van der Waals surface area contributed by atoms with Crippen molar-refractivity contribution in [2.24, 2.45) is 5.16 Å². The summed E-state index contributed by atoms with van der Waals surface area (Å²) in [6, 6.07) is 5.11. The highest BCUT2D eigenvalue weighted by molar-refractivity contribution is 6.69. The standard InChI is InChI=1S/C9H8ClNO3/c10-9(11-12)6-1-2-7-8(5-6)14-4-3-13-7/h1-2,5,12H,3-4H2/b11-9+. The summed E-state index contributed by atoms with van der Waals surface area (Å²) >= 11 is 5.64. The van der Waals surface area contributed by atoms with E-state index in [0.29, 0.717) is 30.3 Å². The number of hydrogen-bond donors (Lipinski definition) is 1. The molecule has 1 N–H and O–H groups in total. The second-order valence-electron chi connectivity index (χ2n) is 2.75. The van der Waals surface area contributed by atoms with E-state index in [1.807, 2.05) is 0 Å². The van der Waals surface area contributed by atoms with Gasteiger partial charge in [0.1, 0.15) is 13.2 Å². The fraction of sp³-hybridized carbons (Fsp3) is 0.222. The molecule has 0 aliphatic carbocycles. The van der Waals surface area contributed by atoms with Crippen LogP contribution in [0.4, 0.5) is 0 Å². The molecule has 0 atom stereocenters. The first kappa shape index (κ1) is 9.15. The van der Waals surface area contributed by atoms with Gasteiger partial charge in [-0.3, -0.25) is 0 Å². The van der Waals surface area contributed by atoms with E-state index in [9.17, 15) is 0 Å². The Balaban J connectivity index is 2.38. The van der Waals surface area contributed by atoms with Crippen molar-refractivity contribution < 1.29 is 14.7 Å². The Morgan fingerprint density at radius 2 is 2.00 bits per heavy atom. The van der Waals surface area contributed by atoms with Gasteiger partial charge in [0.15, 0.2) is 16.7 Å². The molecular formula is C9H8ClNO3. The minimum Gasteiger partial charge on any atom is -0.486 e. The van der Waals surface area contributed by atoms with E-state index in [2.05, 4.69) is 5.16 Å². The summed E-state index contributed by atoms with van der Waals surface area (Å²) in [5, 5.41) is 11.4.